The molecule has 1 aromatic rings. The summed E-state index contributed by atoms with van der Waals surface area (Å²) in [6, 6.07) is 3.68. The molecule has 0 aromatic heterocycles. The van der Waals surface area contributed by atoms with Gasteiger partial charge in [0.2, 0.25) is 0 Å². The fraction of sp³-hybridized carbons (Fsp3) is 0.806. The number of hydrogen-bond acceptors (Lipinski definition) is 2. The molecule has 0 atom stereocenters. The van der Waals surface area contributed by atoms with E-state index >= 15 is 0 Å². The summed E-state index contributed by atoms with van der Waals surface area (Å²) in [6.07, 6.45) is 26.2. The van der Waals surface area contributed by atoms with Crippen LogP contribution in [0.1, 0.15) is 159 Å². The molecule has 0 amide bonds. The Morgan fingerprint density at radius 1 is 0.514 bits per heavy atom. The Balaban J connectivity index is 2.94. The van der Waals surface area contributed by atoms with E-state index in [1.807, 2.05) is 6.07 Å². The maximum Gasteiger partial charge on any atom is 0.294 e. The standard InChI is InChI=1S/C31H56O3S/c1-4-7-10-13-16-17-20-23-28-26-27-31(35(32,33)34)30(25-22-19-15-12-9-6-3)29(28)24-21-18-14-11-8-5-2/h26-27H,4-25H2,1-3H3,(H,32,33,34). The third kappa shape index (κ3) is 14.5. The first kappa shape index (κ1) is 32.2. The van der Waals surface area contributed by atoms with Crippen LogP contribution < -0.4 is 0 Å². The number of hydrogen-bond donors (Lipinski definition) is 1. The molecule has 0 bridgehead atoms. The zero-order valence-electron chi connectivity index (χ0n) is 23.4. The van der Waals surface area contributed by atoms with Crippen molar-refractivity contribution >= 4 is 10.1 Å². The molecule has 0 unspecified atom stereocenters. The summed E-state index contributed by atoms with van der Waals surface area (Å²) in [4.78, 5) is 0.162. The van der Waals surface area contributed by atoms with Crippen molar-refractivity contribution in [1.29, 1.82) is 0 Å². The fourth-order valence-electron chi connectivity index (χ4n) is 5.22. The van der Waals surface area contributed by atoms with E-state index in [0.29, 0.717) is 0 Å². The highest BCUT2D eigenvalue weighted by atomic mass is 32.2. The number of aryl methyl sites for hydroxylation is 1. The van der Waals surface area contributed by atoms with Crippen molar-refractivity contribution < 1.29 is 13.0 Å². The lowest BCUT2D eigenvalue weighted by molar-refractivity contribution is 0.481. The Morgan fingerprint density at radius 3 is 1.31 bits per heavy atom. The molecular formula is C31H56O3S. The Bertz CT molecular complexity index is 755. The lowest BCUT2D eigenvalue weighted by Gasteiger charge is -2.18. The van der Waals surface area contributed by atoms with Gasteiger partial charge >= 0.3 is 0 Å². The minimum absolute atomic E-state index is 0.162. The summed E-state index contributed by atoms with van der Waals surface area (Å²) in [6.45, 7) is 6.72. The summed E-state index contributed by atoms with van der Waals surface area (Å²) in [5.41, 5.74) is 3.47. The van der Waals surface area contributed by atoms with Crippen LogP contribution >= 0.6 is 0 Å². The Hall–Kier alpha value is -0.870. The Morgan fingerprint density at radius 2 is 0.886 bits per heavy atom. The lowest BCUT2D eigenvalue weighted by Crippen LogP contribution is -2.10. The molecule has 0 spiro atoms. The second-order valence-electron chi connectivity index (χ2n) is 10.6. The highest BCUT2D eigenvalue weighted by molar-refractivity contribution is 7.85. The second-order valence-corrected chi connectivity index (χ2v) is 12.0. The molecule has 0 aliphatic heterocycles. The molecule has 0 heterocycles. The van der Waals surface area contributed by atoms with Crippen LogP contribution in [0.15, 0.2) is 17.0 Å². The molecule has 0 aliphatic rings. The zero-order chi connectivity index (χ0) is 25.8. The van der Waals surface area contributed by atoms with Crippen LogP contribution in [-0.4, -0.2) is 13.0 Å². The minimum atomic E-state index is -4.20. The summed E-state index contributed by atoms with van der Waals surface area (Å²) in [5.74, 6) is 0. The van der Waals surface area contributed by atoms with Crippen LogP contribution in [0, 0.1) is 0 Å². The van der Waals surface area contributed by atoms with E-state index in [9.17, 15) is 13.0 Å². The van der Waals surface area contributed by atoms with Crippen molar-refractivity contribution in [2.75, 3.05) is 0 Å². The zero-order valence-corrected chi connectivity index (χ0v) is 24.2. The first-order valence-electron chi connectivity index (χ1n) is 15.1. The van der Waals surface area contributed by atoms with Crippen molar-refractivity contribution in [3.8, 4) is 0 Å². The van der Waals surface area contributed by atoms with Gasteiger partial charge in [-0.3, -0.25) is 4.55 Å². The molecule has 204 valence electrons. The van der Waals surface area contributed by atoms with Gasteiger partial charge in [0.1, 0.15) is 0 Å². The average Bonchev–Trinajstić information content (AvgIpc) is 2.83. The maximum absolute atomic E-state index is 12.3. The quantitative estimate of drug-likeness (QED) is 0.118. The molecule has 0 fully saturated rings. The molecule has 1 N–H and O–H groups in total. The van der Waals surface area contributed by atoms with Gasteiger partial charge in [-0.25, -0.2) is 0 Å². The molecule has 4 heteroatoms. The minimum Gasteiger partial charge on any atom is -0.282 e. The van der Waals surface area contributed by atoms with E-state index in [1.165, 1.54) is 107 Å². The second kappa shape index (κ2) is 20.2. The summed E-state index contributed by atoms with van der Waals surface area (Å²) < 4.78 is 34.6. The highest BCUT2D eigenvalue weighted by Crippen LogP contribution is 2.29. The van der Waals surface area contributed by atoms with E-state index in [4.69, 9.17) is 0 Å². The molecule has 3 nitrogen and oxygen atoms in total. The highest BCUT2D eigenvalue weighted by Gasteiger charge is 2.20. The molecule has 0 radical (unpaired) electrons. The Kier molecular flexibility index (Phi) is 18.6. The van der Waals surface area contributed by atoms with Gasteiger partial charge < -0.3 is 0 Å². The number of unbranched alkanes of at least 4 members (excludes halogenated alkanes) is 16. The van der Waals surface area contributed by atoms with Crippen molar-refractivity contribution in [3.63, 3.8) is 0 Å². The first-order valence-corrected chi connectivity index (χ1v) is 16.5. The monoisotopic (exact) mass is 508 g/mol. The molecular weight excluding hydrogens is 452 g/mol. The van der Waals surface area contributed by atoms with Crippen molar-refractivity contribution in [1.82, 2.24) is 0 Å². The van der Waals surface area contributed by atoms with Gasteiger partial charge in [-0.05, 0) is 61.3 Å². The first-order chi connectivity index (χ1) is 17.0. The van der Waals surface area contributed by atoms with E-state index in [1.54, 1.807) is 6.07 Å². The van der Waals surface area contributed by atoms with E-state index in [0.717, 1.165) is 50.5 Å². The fourth-order valence-corrected chi connectivity index (χ4v) is 5.99. The van der Waals surface area contributed by atoms with Crippen LogP contribution in [-0.2, 0) is 29.4 Å². The third-order valence-electron chi connectivity index (χ3n) is 7.37. The smallest absolute Gasteiger partial charge is 0.282 e. The van der Waals surface area contributed by atoms with Crippen molar-refractivity contribution in [2.24, 2.45) is 0 Å². The lowest BCUT2D eigenvalue weighted by atomic mass is 9.90. The van der Waals surface area contributed by atoms with Gasteiger partial charge in [0.15, 0.2) is 0 Å². The van der Waals surface area contributed by atoms with E-state index < -0.39 is 10.1 Å². The topological polar surface area (TPSA) is 54.4 Å². The molecule has 1 rings (SSSR count). The maximum atomic E-state index is 12.3. The van der Waals surface area contributed by atoms with Gasteiger partial charge in [0.05, 0.1) is 4.90 Å². The molecule has 0 aliphatic carbocycles. The van der Waals surface area contributed by atoms with Crippen LogP contribution in [0.4, 0.5) is 0 Å². The van der Waals surface area contributed by atoms with E-state index in [-0.39, 0.29) is 4.90 Å². The normalized spacial score (nSPS) is 11.9. The predicted octanol–water partition coefficient (Wildman–Crippen LogP) is 10.0. The van der Waals surface area contributed by atoms with Gasteiger partial charge in [0, 0.05) is 0 Å². The predicted molar refractivity (Wildman–Crippen MR) is 152 cm³/mol. The van der Waals surface area contributed by atoms with Crippen LogP contribution in [0.5, 0.6) is 0 Å². The summed E-state index contributed by atoms with van der Waals surface area (Å²) in [7, 11) is -4.20. The van der Waals surface area contributed by atoms with Crippen LogP contribution in [0.3, 0.4) is 0 Å². The number of benzene rings is 1. The van der Waals surface area contributed by atoms with Crippen LogP contribution in [0.25, 0.3) is 0 Å². The third-order valence-corrected chi connectivity index (χ3v) is 8.31. The molecule has 0 saturated carbocycles. The molecule has 35 heavy (non-hydrogen) atoms. The SMILES string of the molecule is CCCCCCCCCc1ccc(S(=O)(=O)O)c(CCCCCCCC)c1CCCCCCCC. The van der Waals surface area contributed by atoms with Crippen LogP contribution in [0.2, 0.25) is 0 Å². The Labute approximate surface area is 218 Å². The summed E-state index contributed by atoms with van der Waals surface area (Å²) in [5, 5.41) is 0. The van der Waals surface area contributed by atoms with Gasteiger partial charge in [-0.15, -0.1) is 0 Å². The summed E-state index contributed by atoms with van der Waals surface area (Å²) >= 11 is 0. The average molecular weight is 509 g/mol. The molecule has 0 saturated heterocycles. The van der Waals surface area contributed by atoms with E-state index in [2.05, 4.69) is 20.8 Å². The number of rotatable bonds is 23. The van der Waals surface area contributed by atoms with Crippen molar-refractivity contribution in [2.45, 2.75) is 167 Å². The molecule has 1 aromatic carbocycles. The van der Waals surface area contributed by atoms with Gasteiger partial charge in [-0.2, -0.15) is 8.42 Å². The van der Waals surface area contributed by atoms with Gasteiger partial charge in [-0.1, -0.05) is 130 Å². The van der Waals surface area contributed by atoms with Gasteiger partial charge in [0.25, 0.3) is 10.1 Å². The van der Waals surface area contributed by atoms with Crippen molar-refractivity contribution in [3.05, 3.63) is 28.8 Å². The largest absolute Gasteiger partial charge is 0.294 e.